The Kier molecular flexibility index (Phi) is 16.3. The first-order valence-corrected chi connectivity index (χ1v) is 25.7. The van der Waals surface area contributed by atoms with E-state index in [9.17, 15) is 17.7 Å². The highest BCUT2D eigenvalue weighted by atomic mass is 31.2. The third kappa shape index (κ3) is 10.4. The number of benzene rings is 4. The van der Waals surface area contributed by atoms with Crippen LogP contribution in [-0.2, 0) is 13.6 Å². The van der Waals surface area contributed by atoms with Gasteiger partial charge in [-0.3, -0.25) is 9.05 Å². The van der Waals surface area contributed by atoms with Crippen LogP contribution in [0.25, 0.3) is 90.9 Å². The number of unbranched alkanes of at least 4 members (excludes halogenated alkanes) is 1. The standard InChI is InChI=1S/C54H34F19N6O3P/c1-17(2)81-83(80,82-18(3)4)75-16-6-5-15-74-54-52(72)41(61)34(42(62)53(54)73)30-25-13-11-23(78-25)28(32-37(57)45(65)50(70)46(66)38(32)58)21-9-7-19(76-21)27(31-35(55)43(63)49(69)44(64)36(31)56)20-8-10-22(77-20)29(24-12-14-26(30)79-24)33-39(59)47(67)51(71)48(68)40(33)60/h7-14,17-18,74,76,79H,5-6,15-16H2,1-4H3,(H,75,80). The van der Waals surface area contributed by atoms with E-state index < -0.39 is 232 Å². The van der Waals surface area contributed by atoms with E-state index in [4.69, 9.17) is 9.05 Å². The van der Waals surface area contributed by atoms with Crippen LogP contribution in [-0.4, -0.2) is 45.2 Å². The van der Waals surface area contributed by atoms with Crippen LogP contribution in [0, 0.1) is 111 Å². The van der Waals surface area contributed by atoms with Crippen molar-refractivity contribution in [2.24, 2.45) is 0 Å². The summed E-state index contributed by atoms with van der Waals surface area (Å²) in [5, 5.41) is 4.82. The SMILES string of the molecule is CC(C)OP(=O)(NCCCCNc1c(F)c(F)c(-c2c3nc(c(-c4c(F)c(F)c(F)c(F)c4F)c4ccc([nH]4)c(-c4c(F)c(F)c(F)c(F)c4F)c4nc(c(-c5c(F)c(F)c(F)c(F)c5F)c5ccc2[nH]5)C=C4)C=C3)c(F)c1F)OC(C)C. The topological polar surface area (TPSA) is 117 Å². The van der Waals surface area contributed by atoms with Gasteiger partial charge < -0.3 is 15.3 Å². The number of hydrogen-bond acceptors (Lipinski definition) is 6. The number of aromatic nitrogens is 4. The van der Waals surface area contributed by atoms with E-state index in [0.29, 0.717) is 48.6 Å². The Balaban J connectivity index is 1.37. The zero-order chi connectivity index (χ0) is 60.6. The first-order valence-electron chi connectivity index (χ1n) is 24.1. The number of anilines is 1. The molecule has 0 atom stereocenters. The van der Waals surface area contributed by atoms with E-state index in [1.54, 1.807) is 27.7 Å². The average Bonchev–Trinajstić information content (AvgIpc) is 3.24. The maximum atomic E-state index is 16.9. The molecule has 8 bridgehead atoms. The van der Waals surface area contributed by atoms with Crippen LogP contribution in [0.15, 0.2) is 24.3 Å². The largest absolute Gasteiger partial charge is 0.406 e. The quantitative estimate of drug-likeness (QED) is 0.0266. The lowest BCUT2D eigenvalue weighted by molar-refractivity contribution is 0.135. The summed E-state index contributed by atoms with van der Waals surface area (Å²) < 4.78 is 321. The van der Waals surface area contributed by atoms with Crippen molar-refractivity contribution in [1.29, 1.82) is 0 Å². The summed E-state index contributed by atoms with van der Waals surface area (Å²) in [5.41, 5.74) is -21.2. The first kappa shape index (κ1) is 59.7. The van der Waals surface area contributed by atoms with Crippen molar-refractivity contribution in [2.75, 3.05) is 18.4 Å². The van der Waals surface area contributed by atoms with Gasteiger partial charge in [0.15, 0.2) is 93.1 Å². The summed E-state index contributed by atoms with van der Waals surface area (Å²) in [6.07, 6.45) is 1.53. The van der Waals surface area contributed by atoms with Crippen LogP contribution >= 0.6 is 7.75 Å². The number of halogens is 19. The van der Waals surface area contributed by atoms with Crippen LogP contribution in [0.4, 0.5) is 89.1 Å². The second-order valence-corrected chi connectivity index (χ2v) is 20.4. The highest BCUT2D eigenvalue weighted by Gasteiger charge is 2.36. The lowest BCUT2D eigenvalue weighted by Crippen LogP contribution is -2.21. The molecule has 0 unspecified atom stereocenters. The van der Waals surface area contributed by atoms with Crippen LogP contribution in [0.5, 0.6) is 0 Å². The van der Waals surface area contributed by atoms with E-state index in [1.165, 1.54) is 0 Å². The summed E-state index contributed by atoms with van der Waals surface area (Å²) in [7, 11) is -3.85. The number of nitrogens with one attached hydrogen (secondary N) is 4. The van der Waals surface area contributed by atoms with Crippen molar-refractivity contribution in [3.63, 3.8) is 0 Å². The van der Waals surface area contributed by atoms with E-state index in [2.05, 4.69) is 30.3 Å². The predicted octanol–water partition coefficient (Wildman–Crippen LogP) is 16.7. The summed E-state index contributed by atoms with van der Waals surface area (Å²) in [6, 6.07) is 2.71. The molecule has 5 heterocycles. The van der Waals surface area contributed by atoms with Crippen LogP contribution in [0.2, 0.25) is 0 Å². The molecule has 2 aliphatic heterocycles. The van der Waals surface area contributed by atoms with Gasteiger partial charge in [0.1, 0.15) is 5.69 Å². The molecule has 0 spiro atoms. The second-order valence-electron chi connectivity index (χ2n) is 18.7. The highest BCUT2D eigenvalue weighted by molar-refractivity contribution is 7.51. The van der Waals surface area contributed by atoms with E-state index in [1.807, 2.05) is 0 Å². The lowest BCUT2D eigenvalue weighted by atomic mass is 10.0. The lowest BCUT2D eigenvalue weighted by Gasteiger charge is -2.23. The predicted molar refractivity (Wildman–Crippen MR) is 266 cm³/mol. The van der Waals surface area contributed by atoms with Gasteiger partial charge in [-0.25, -0.2) is 103 Å². The van der Waals surface area contributed by atoms with E-state index in [0.717, 1.165) is 0 Å². The fourth-order valence-electron chi connectivity index (χ4n) is 9.07. The van der Waals surface area contributed by atoms with Crippen molar-refractivity contribution in [2.45, 2.75) is 52.7 Å². The van der Waals surface area contributed by atoms with Gasteiger partial charge in [0.25, 0.3) is 0 Å². The Bertz CT molecular complexity index is 3980. The van der Waals surface area contributed by atoms with Crippen molar-refractivity contribution in [3.05, 3.63) is 158 Å². The Labute approximate surface area is 454 Å². The van der Waals surface area contributed by atoms with Crippen LogP contribution in [0.1, 0.15) is 63.3 Å². The van der Waals surface area contributed by atoms with Gasteiger partial charge in [0.05, 0.1) is 57.2 Å². The molecule has 436 valence electrons. The summed E-state index contributed by atoms with van der Waals surface area (Å²) in [5.74, 6) is -48.1. The van der Waals surface area contributed by atoms with Gasteiger partial charge in [-0.15, -0.1) is 0 Å². The number of hydrogen-bond donors (Lipinski definition) is 4. The smallest absolute Gasteiger partial charge is 0.380 e. The molecular weight excluding hydrogens is 1170 g/mol. The average molecular weight is 1210 g/mol. The van der Waals surface area contributed by atoms with Crippen molar-refractivity contribution < 1.29 is 97.0 Å². The summed E-state index contributed by atoms with van der Waals surface area (Å²) in [4.78, 5) is 12.7. The molecule has 7 aromatic rings. The molecule has 0 aliphatic carbocycles. The van der Waals surface area contributed by atoms with Crippen molar-refractivity contribution >= 4 is 59.8 Å². The fraction of sp³-hybridized carbons (Fsp3) is 0.185. The number of H-pyrrole nitrogens is 2. The Morgan fingerprint density at radius 2 is 0.614 bits per heavy atom. The fourth-order valence-corrected chi connectivity index (χ4v) is 10.8. The minimum Gasteiger partial charge on any atom is -0.380 e. The Hall–Kier alpha value is -7.94. The third-order valence-corrected chi connectivity index (χ3v) is 14.6. The van der Waals surface area contributed by atoms with Gasteiger partial charge in [-0.05, 0) is 89.1 Å². The van der Waals surface area contributed by atoms with Crippen molar-refractivity contribution in [1.82, 2.24) is 25.0 Å². The number of nitrogens with zero attached hydrogens (tertiary/aromatic N) is 2. The Morgan fingerprint density at radius 1 is 0.373 bits per heavy atom. The summed E-state index contributed by atoms with van der Waals surface area (Å²) in [6.45, 7) is 5.84. The van der Waals surface area contributed by atoms with Gasteiger partial charge in [0.2, 0.25) is 17.5 Å². The number of fused-ring (bicyclic) bond motifs is 8. The molecule has 0 saturated carbocycles. The van der Waals surface area contributed by atoms with Gasteiger partial charge in [0, 0.05) is 57.4 Å². The molecule has 4 aromatic carbocycles. The molecule has 83 heavy (non-hydrogen) atoms. The second kappa shape index (κ2) is 22.7. The molecule has 4 N–H and O–H groups in total. The molecule has 0 amide bonds. The minimum absolute atomic E-state index is 0.0364. The maximum Gasteiger partial charge on any atom is 0.406 e. The molecule has 0 radical (unpaired) electrons. The summed E-state index contributed by atoms with van der Waals surface area (Å²) >= 11 is 0. The monoisotopic (exact) mass is 1210 g/mol. The molecule has 3 aromatic heterocycles. The molecule has 0 fully saturated rings. The molecule has 9 rings (SSSR count). The van der Waals surface area contributed by atoms with E-state index in [-0.39, 0.29) is 19.4 Å². The maximum absolute atomic E-state index is 16.9. The van der Waals surface area contributed by atoms with Gasteiger partial charge >= 0.3 is 7.75 Å². The minimum atomic E-state index is -3.85. The normalized spacial score (nSPS) is 12.5. The Morgan fingerprint density at radius 3 is 0.880 bits per heavy atom. The molecular formula is C54H34F19N6O3P. The third-order valence-electron chi connectivity index (χ3n) is 12.6. The van der Waals surface area contributed by atoms with Crippen LogP contribution < -0.4 is 10.4 Å². The first-order chi connectivity index (χ1) is 39.1. The molecule has 29 heteroatoms. The molecule has 2 aliphatic rings. The van der Waals surface area contributed by atoms with E-state index >= 15 is 70.2 Å². The number of aromatic amines is 2. The molecule has 9 nitrogen and oxygen atoms in total. The zero-order valence-electron chi connectivity index (χ0n) is 42.3. The highest BCUT2D eigenvalue weighted by Crippen LogP contribution is 2.47. The van der Waals surface area contributed by atoms with Crippen molar-refractivity contribution in [3.8, 4) is 44.5 Å². The van der Waals surface area contributed by atoms with Crippen LogP contribution in [0.3, 0.4) is 0 Å². The number of rotatable bonds is 15. The molecule has 0 saturated heterocycles. The van der Waals surface area contributed by atoms with Gasteiger partial charge in [-0.2, -0.15) is 0 Å². The van der Waals surface area contributed by atoms with Gasteiger partial charge in [-0.1, -0.05) is 0 Å². The zero-order valence-corrected chi connectivity index (χ0v) is 43.2.